The van der Waals surface area contributed by atoms with Gasteiger partial charge in [-0.15, -0.1) is 0 Å². The summed E-state index contributed by atoms with van der Waals surface area (Å²) in [4.78, 5) is 22.0. The zero-order valence-electron chi connectivity index (χ0n) is 10.6. The van der Waals surface area contributed by atoms with Gasteiger partial charge in [0.1, 0.15) is 6.42 Å². The van der Waals surface area contributed by atoms with E-state index in [0.29, 0.717) is 0 Å². The first kappa shape index (κ1) is 13.1. The Labute approximate surface area is 111 Å². The summed E-state index contributed by atoms with van der Waals surface area (Å²) in [6, 6.07) is 13.5. The van der Waals surface area contributed by atoms with Crippen molar-refractivity contribution in [2.75, 3.05) is 0 Å². The monoisotopic (exact) mass is 257 g/mol. The Kier molecular flexibility index (Phi) is 3.80. The summed E-state index contributed by atoms with van der Waals surface area (Å²) < 4.78 is 0. The Morgan fingerprint density at radius 1 is 1.16 bits per heavy atom. The smallest absolute Gasteiger partial charge is 0.312 e. The van der Waals surface area contributed by atoms with Crippen molar-refractivity contribution >= 4 is 22.6 Å². The molecule has 4 nitrogen and oxygen atoms in total. The molecular formula is C15H15NO3. The van der Waals surface area contributed by atoms with Gasteiger partial charge >= 0.3 is 5.97 Å². The minimum atomic E-state index is -1.12. The van der Waals surface area contributed by atoms with Crippen molar-refractivity contribution < 1.29 is 14.7 Å². The second-order valence-corrected chi connectivity index (χ2v) is 4.43. The van der Waals surface area contributed by atoms with Crippen molar-refractivity contribution in [1.82, 2.24) is 5.32 Å². The Balaban J connectivity index is 2.24. The molecule has 2 rings (SSSR count). The lowest BCUT2D eigenvalue weighted by molar-refractivity contribution is -0.140. The quantitative estimate of drug-likeness (QED) is 0.827. The van der Waals surface area contributed by atoms with Crippen LogP contribution in [0.25, 0.3) is 10.8 Å². The van der Waals surface area contributed by atoms with Crippen molar-refractivity contribution in [3.8, 4) is 0 Å². The maximum absolute atomic E-state index is 11.5. The van der Waals surface area contributed by atoms with Crippen LogP contribution in [0.5, 0.6) is 0 Å². The molecule has 0 heterocycles. The molecule has 2 aromatic carbocycles. The van der Waals surface area contributed by atoms with E-state index in [-0.39, 0.29) is 6.04 Å². The first-order chi connectivity index (χ1) is 9.08. The standard InChI is InChI=1S/C15H15NO3/c1-10(16-14(17)9-15(18)19)12-8-4-6-11-5-2-3-7-13(11)12/h2-8,10H,9H2,1H3,(H,16,17)(H,18,19). The van der Waals surface area contributed by atoms with E-state index in [1.165, 1.54) is 0 Å². The van der Waals surface area contributed by atoms with E-state index >= 15 is 0 Å². The van der Waals surface area contributed by atoms with Gasteiger partial charge in [-0.1, -0.05) is 42.5 Å². The Bertz CT molecular complexity index is 616. The predicted molar refractivity (Wildman–Crippen MR) is 72.8 cm³/mol. The van der Waals surface area contributed by atoms with Crippen LogP contribution < -0.4 is 5.32 Å². The van der Waals surface area contributed by atoms with Crippen LogP contribution in [0.2, 0.25) is 0 Å². The molecule has 0 saturated carbocycles. The van der Waals surface area contributed by atoms with Crippen LogP contribution in [0, 0.1) is 0 Å². The van der Waals surface area contributed by atoms with E-state index in [1.54, 1.807) is 0 Å². The van der Waals surface area contributed by atoms with Gasteiger partial charge in [0.15, 0.2) is 0 Å². The molecule has 0 aliphatic carbocycles. The molecule has 0 fully saturated rings. The number of hydrogen-bond acceptors (Lipinski definition) is 2. The molecule has 2 aromatic rings. The molecular weight excluding hydrogens is 242 g/mol. The van der Waals surface area contributed by atoms with Gasteiger partial charge in [-0.3, -0.25) is 9.59 Å². The summed E-state index contributed by atoms with van der Waals surface area (Å²) >= 11 is 0. The van der Waals surface area contributed by atoms with Crippen LogP contribution >= 0.6 is 0 Å². The highest BCUT2D eigenvalue weighted by Gasteiger charge is 2.14. The summed E-state index contributed by atoms with van der Waals surface area (Å²) in [7, 11) is 0. The maximum Gasteiger partial charge on any atom is 0.312 e. The van der Waals surface area contributed by atoms with Crippen LogP contribution in [0.4, 0.5) is 0 Å². The van der Waals surface area contributed by atoms with Gasteiger partial charge in [0, 0.05) is 0 Å². The molecule has 1 amide bonds. The highest BCUT2D eigenvalue weighted by molar-refractivity contribution is 5.94. The number of carbonyl (C=O) groups excluding carboxylic acids is 1. The molecule has 0 radical (unpaired) electrons. The molecule has 0 aliphatic heterocycles. The number of carbonyl (C=O) groups is 2. The fourth-order valence-corrected chi connectivity index (χ4v) is 2.14. The predicted octanol–water partition coefficient (Wildman–Crippen LogP) is 2.49. The number of benzene rings is 2. The summed E-state index contributed by atoms with van der Waals surface area (Å²) in [6.45, 7) is 1.85. The van der Waals surface area contributed by atoms with Gasteiger partial charge in [0.2, 0.25) is 5.91 Å². The highest BCUT2D eigenvalue weighted by atomic mass is 16.4. The Hall–Kier alpha value is -2.36. The molecule has 0 aromatic heterocycles. The van der Waals surface area contributed by atoms with Gasteiger partial charge in [0.05, 0.1) is 6.04 Å². The Morgan fingerprint density at radius 2 is 1.84 bits per heavy atom. The van der Waals surface area contributed by atoms with E-state index in [2.05, 4.69) is 5.32 Å². The van der Waals surface area contributed by atoms with E-state index in [4.69, 9.17) is 5.11 Å². The van der Waals surface area contributed by atoms with Gasteiger partial charge in [-0.25, -0.2) is 0 Å². The number of amides is 1. The largest absolute Gasteiger partial charge is 0.481 e. The molecule has 1 atom stereocenters. The first-order valence-electron chi connectivity index (χ1n) is 6.07. The maximum atomic E-state index is 11.5. The number of carboxylic acids is 1. The van der Waals surface area contributed by atoms with Gasteiger partial charge < -0.3 is 10.4 Å². The van der Waals surface area contributed by atoms with E-state index in [1.807, 2.05) is 49.4 Å². The zero-order valence-corrected chi connectivity index (χ0v) is 10.6. The minimum absolute atomic E-state index is 0.224. The van der Waals surface area contributed by atoms with Crippen LogP contribution in [0.3, 0.4) is 0 Å². The third-order valence-corrected chi connectivity index (χ3v) is 2.98. The summed E-state index contributed by atoms with van der Waals surface area (Å²) in [6.07, 6.45) is -0.505. The van der Waals surface area contributed by atoms with E-state index in [9.17, 15) is 9.59 Å². The van der Waals surface area contributed by atoms with Crippen LogP contribution in [0.1, 0.15) is 24.9 Å². The molecule has 0 bridgehead atoms. The van der Waals surface area contributed by atoms with Crippen LogP contribution in [-0.2, 0) is 9.59 Å². The van der Waals surface area contributed by atoms with Crippen LogP contribution in [-0.4, -0.2) is 17.0 Å². The summed E-state index contributed by atoms with van der Waals surface area (Å²) in [5, 5.41) is 13.4. The number of rotatable bonds is 4. The van der Waals surface area contributed by atoms with E-state index in [0.717, 1.165) is 16.3 Å². The minimum Gasteiger partial charge on any atom is -0.481 e. The molecule has 2 N–H and O–H groups in total. The number of hydrogen-bond donors (Lipinski definition) is 2. The van der Waals surface area contributed by atoms with Crippen molar-refractivity contribution in [3.63, 3.8) is 0 Å². The normalized spacial score (nSPS) is 12.1. The number of carboxylic acid groups (broad SMARTS) is 1. The summed E-state index contributed by atoms with van der Waals surface area (Å²) in [5.41, 5.74) is 0.983. The Morgan fingerprint density at radius 3 is 2.58 bits per heavy atom. The zero-order chi connectivity index (χ0) is 13.8. The molecule has 1 unspecified atom stereocenters. The van der Waals surface area contributed by atoms with Crippen molar-refractivity contribution in [1.29, 1.82) is 0 Å². The SMILES string of the molecule is CC(NC(=O)CC(=O)O)c1cccc2ccccc12. The highest BCUT2D eigenvalue weighted by Crippen LogP contribution is 2.23. The van der Waals surface area contributed by atoms with E-state index < -0.39 is 18.3 Å². The fraction of sp³-hybridized carbons (Fsp3) is 0.200. The fourth-order valence-electron chi connectivity index (χ4n) is 2.14. The second-order valence-electron chi connectivity index (χ2n) is 4.43. The lowest BCUT2D eigenvalue weighted by atomic mass is 9.99. The van der Waals surface area contributed by atoms with Gasteiger partial charge in [0.25, 0.3) is 0 Å². The molecule has 98 valence electrons. The van der Waals surface area contributed by atoms with Crippen molar-refractivity contribution in [2.45, 2.75) is 19.4 Å². The lowest BCUT2D eigenvalue weighted by Crippen LogP contribution is -2.28. The first-order valence-corrected chi connectivity index (χ1v) is 6.07. The molecule has 0 spiro atoms. The number of aliphatic carboxylic acids is 1. The summed E-state index contributed by atoms with van der Waals surface area (Å²) in [5.74, 6) is -1.60. The third kappa shape index (κ3) is 3.10. The van der Waals surface area contributed by atoms with Gasteiger partial charge in [-0.2, -0.15) is 0 Å². The lowest BCUT2D eigenvalue weighted by Gasteiger charge is -2.16. The topological polar surface area (TPSA) is 66.4 Å². The number of fused-ring (bicyclic) bond motifs is 1. The van der Waals surface area contributed by atoms with Crippen molar-refractivity contribution in [2.24, 2.45) is 0 Å². The average Bonchev–Trinajstić information content (AvgIpc) is 2.36. The molecule has 19 heavy (non-hydrogen) atoms. The third-order valence-electron chi connectivity index (χ3n) is 2.98. The van der Waals surface area contributed by atoms with Gasteiger partial charge in [-0.05, 0) is 23.3 Å². The molecule has 0 saturated heterocycles. The average molecular weight is 257 g/mol. The van der Waals surface area contributed by atoms with Crippen molar-refractivity contribution in [3.05, 3.63) is 48.0 Å². The molecule has 0 aliphatic rings. The van der Waals surface area contributed by atoms with Crippen LogP contribution in [0.15, 0.2) is 42.5 Å². The molecule has 4 heteroatoms. The second kappa shape index (κ2) is 5.52. The number of nitrogens with one attached hydrogen (secondary N) is 1.